The van der Waals surface area contributed by atoms with Crippen molar-refractivity contribution in [3.8, 4) is 5.75 Å². The Balaban J connectivity index is -0.000000245. The molecular weight excluding hydrogens is 323 g/mol. The Morgan fingerprint density at radius 3 is 1.89 bits per heavy atom. The maximum atomic E-state index is 10.6. The predicted molar refractivity (Wildman–Crippen MR) is 61.0 cm³/mol. The summed E-state index contributed by atoms with van der Waals surface area (Å²) in [7, 11) is -4.62. The van der Waals surface area contributed by atoms with Crippen molar-refractivity contribution in [3.05, 3.63) is 24.3 Å². The summed E-state index contributed by atoms with van der Waals surface area (Å²) >= 11 is 0. The van der Waals surface area contributed by atoms with E-state index >= 15 is 0 Å². The summed E-state index contributed by atoms with van der Waals surface area (Å²) in [4.78, 5) is 21.2. The van der Waals surface area contributed by atoms with Gasteiger partial charge in [-0.2, -0.15) is 0 Å². The molecule has 9 heteroatoms. The molecule has 1 rings (SSSR count). The van der Waals surface area contributed by atoms with E-state index in [9.17, 15) is 14.4 Å². The SMILES string of the molecule is CCCOc1ccc(P(=O)([O-])[O-])cc1.[Cl-].[Cl-].[Mg+2].[Mg+2]. The molecule has 0 unspecified atom stereocenters. The molecule has 0 aliphatic heterocycles. The topological polar surface area (TPSA) is 72.4 Å². The molecule has 0 saturated heterocycles. The fourth-order valence-corrected chi connectivity index (χ4v) is 1.46. The molecule has 0 fully saturated rings. The van der Waals surface area contributed by atoms with Crippen LogP contribution in [0.5, 0.6) is 5.75 Å². The standard InChI is InChI=1S/C9H13O4P.2ClH.2Mg/c1-2-7-13-8-3-5-9(6-4-8)14(10,11)12;;;;/h3-6H,2,7H2,1H3,(H2,10,11,12);2*1H;;/q;;;2*+2/p-4. The molecule has 0 bridgehead atoms. The Hall–Kier alpha value is 1.28. The summed E-state index contributed by atoms with van der Waals surface area (Å²) in [5.41, 5.74) is 0. The van der Waals surface area contributed by atoms with Gasteiger partial charge in [-0.1, -0.05) is 19.1 Å². The van der Waals surface area contributed by atoms with Crippen molar-refractivity contribution in [1.82, 2.24) is 0 Å². The van der Waals surface area contributed by atoms with Crippen LogP contribution in [-0.4, -0.2) is 52.7 Å². The third kappa shape index (κ3) is 10.1. The van der Waals surface area contributed by atoms with E-state index in [0.29, 0.717) is 12.4 Å². The van der Waals surface area contributed by atoms with Gasteiger partial charge in [0.2, 0.25) is 0 Å². The van der Waals surface area contributed by atoms with Crippen LogP contribution in [0.1, 0.15) is 13.3 Å². The fourth-order valence-electron chi connectivity index (χ4n) is 0.945. The zero-order chi connectivity index (χ0) is 10.6. The second kappa shape index (κ2) is 13.3. The van der Waals surface area contributed by atoms with Gasteiger partial charge in [-0.3, -0.25) is 0 Å². The van der Waals surface area contributed by atoms with E-state index in [0.717, 1.165) is 6.42 Å². The van der Waals surface area contributed by atoms with Gasteiger partial charge >= 0.3 is 46.1 Å². The Labute approximate surface area is 152 Å². The van der Waals surface area contributed by atoms with Gasteiger partial charge in [0.05, 0.1) is 6.61 Å². The Morgan fingerprint density at radius 1 is 1.11 bits per heavy atom. The first-order chi connectivity index (χ1) is 6.54. The Kier molecular flexibility index (Phi) is 20.4. The van der Waals surface area contributed by atoms with E-state index in [1.165, 1.54) is 24.3 Å². The number of benzene rings is 1. The predicted octanol–water partition coefficient (Wildman–Crippen LogP) is -6.74. The van der Waals surface area contributed by atoms with Crippen LogP contribution in [0, 0.1) is 0 Å². The summed E-state index contributed by atoms with van der Waals surface area (Å²) in [6.07, 6.45) is 0.878. The van der Waals surface area contributed by atoms with E-state index in [2.05, 4.69) is 0 Å². The first-order valence-corrected chi connectivity index (χ1v) is 5.84. The average molecular weight is 334 g/mol. The molecular formula is C9H11Cl2Mg2O4P. The van der Waals surface area contributed by atoms with Crippen molar-refractivity contribution in [3.63, 3.8) is 0 Å². The van der Waals surface area contributed by atoms with Crippen molar-refractivity contribution in [2.75, 3.05) is 6.61 Å². The van der Waals surface area contributed by atoms with Crippen LogP contribution in [0.25, 0.3) is 0 Å². The molecule has 0 saturated carbocycles. The maximum absolute atomic E-state index is 10.6. The zero-order valence-electron chi connectivity index (χ0n) is 9.97. The second-order valence-corrected chi connectivity index (χ2v) is 4.35. The smallest absolute Gasteiger partial charge is 1.00 e. The fraction of sp³-hybridized carbons (Fsp3) is 0.333. The van der Waals surface area contributed by atoms with Crippen molar-refractivity contribution < 1.29 is 43.9 Å². The molecule has 1 aromatic carbocycles. The summed E-state index contributed by atoms with van der Waals surface area (Å²) in [6.45, 7) is 2.55. The van der Waals surface area contributed by atoms with Crippen LogP contribution in [0.15, 0.2) is 24.3 Å². The molecule has 0 atom stereocenters. The summed E-state index contributed by atoms with van der Waals surface area (Å²) in [6, 6.07) is 5.47. The van der Waals surface area contributed by atoms with Crippen molar-refractivity contribution in [1.29, 1.82) is 0 Å². The Bertz CT molecular complexity index is 345. The number of rotatable bonds is 4. The summed E-state index contributed by atoms with van der Waals surface area (Å²) in [5, 5.41) is -0.207. The molecule has 1 aromatic rings. The van der Waals surface area contributed by atoms with Gasteiger partial charge in [0.15, 0.2) is 0 Å². The number of ether oxygens (including phenoxy) is 1. The molecule has 0 spiro atoms. The largest absolute Gasteiger partial charge is 2.00 e. The van der Waals surface area contributed by atoms with E-state index in [4.69, 9.17) is 4.74 Å². The first-order valence-electron chi connectivity index (χ1n) is 4.29. The van der Waals surface area contributed by atoms with Gasteiger partial charge in [0, 0.05) is 0 Å². The molecule has 0 amide bonds. The molecule has 0 radical (unpaired) electrons. The number of hydrogen-bond donors (Lipinski definition) is 0. The summed E-state index contributed by atoms with van der Waals surface area (Å²) < 4.78 is 15.8. The van der Waals surface area contributed by atoms with Crippen LogP contribution in [0.3, 0.4) is 0 Å². The minimum Gasteiger partial charge on any atom is -1.00 e. The van der Waals surface area contributed by atoms with Crippen LogP contribution >= 0.6 is 7.60 Å². The van der Waals surface area contributed by atoms with Gasteiger partial charge in [0.25, 0.3) is 0 Å². The minimum absolute atomic E-state index is 0. The Morgan fingerprint density at radius 2 is 1.56 bits per heavy atom. The average Bonchev–Trinajstić information content (AvgIpc) is 2.14. The van der Waals surface area contributed by atoms with E-state index in [-0.39, 0.29) is 76.2 Å². The number of halogens is 2. The number of hydrogen-bond acceptors (Lipinski definition) is 4. The van der Waals surface area contributed by atoms with Gasteiger partial charge in [-0.15, -0.1) is 0 Å². The minimum atomic E-state index is -4.62. The second-order valence-electron chi connectivity index (χ2n) is 2.84. The normalized spacial score (nSPS) is 8.83. The molecule has 0 aliphatic rings. The van der Waals surface area contributed by atoms with Crippen LogP contribution in [0.4, 0.5) is 0 Å². The molecule has 94 valence electrons. The molecule has 18 heavy (non-hydrogen) atoms. The van der Waals surface area contributed by atoms with Crippen LogP contribution in [0.2, 0.25) is 0 Å². The van der Waals surface area contributed by atoms with E-state index in [1.807, 2.05) is 6.92 Å². The van der Waals surface area contributed by atoms with E-state index < -0.39 is 7.60 Å². The third-order valence-electron chi connectivity index (χ3n) is 1.63. The maximum Gasteiger partial charge on any atom is 2.00 e. The van der Waals surface area contributed by atoms with Crippen molar-refractivity contribution in [2.24, 2.45) is 0 Å². The van der Waals surface area contributed by atoms with Gasteiger partial charge in [0.1, 0.15) is 5.75 Å². The molecule has 0 aromatic heterocycles. The molecule has 0 heterocycles. The van der Waals surface area contributed by atoms with Gasteiger partial charge < -0.3 is 43.9 Å². The van der Waals surface area contributed by atoms with Crippen LogP contribution in [-0.2, 0) is 4.57 Å². The van der Waals surface area contributed by atoms with Gasteiger partial charge in [-0.25, -0.2) is 0 Å². The third-order valence-corrected chi connectivity index (χ3v) is 2.56. The molecule has 0 aliphatic carbocycles. The van der Waals surface area contributed by atoms with Crippen molar-refractivity contribution in [2.45, 2.75) is 13.3 Å². The quantitative estimate of drug-likeness (QED) is 0.406. The molecule has 4 nitrogen and oxygen atoms in total. The zero-order valence-corrected chi connectivity index (χ0v) is 15.2. The summed E-state index contributed by atoms with van der Waals surface area (Å²) in [5.74, 6) is 0.573. The van der Waals surface area contributed by atoms with Crippen LogP contribution < -0.4 is 44.6 Å². The van der Waals surface area contributed by atoms with Crippen molar-refractivity contribution >= 4 is 59.0 Å². The van der Waals surface area contributed by atoms with Gasteiger partial charge in [-0.05, 0) is 31.5 Å². The monoisotopic (exact) mass is 332 g/mol. The first kappa shape index (κ1) is 27.6. The van der Waals surface area contributed by atoms with E-state index in [1.54, 1.807) is 0 Å². The molecule has 0 N–H and O–H groups in total.